The van der Waals surface area contributed by atoms with Gasteiger partial charge in [-0.2, -0.15) is 0 Å². The van der Waals surface area contributed by atoms with E-state index >= 15 is 0 Å². The minimum Gasteiger partial charge on any atom is -0.491 e. The molecule has 0 radical (unpaired) electrons. The Bertz CT molecular complexity index is 433. The molecule has 0 saturated heterocycles. The van der Waals surface area contributed by atoms with Crippen molar-refractivity contribution in [1.29, 1.82) is 0 Å². The molecule has 1 N–H and O–H groups in total. The first-order valence-electron chi connectivity index (χ1n) is 6.01. The average Bonchev–Trinajstić information content (AvgIpc) is 2.38. The van der Waals surface area contributed by atoms with Crippen molar-refractivity contribution in [1.82, 2.24) is 10.2 Å². The fourth-order valence-electron chi connectivity index (χ4n) is 1.44. The van der Waals surface area contributed by atoms with Crippen LogP contribution in [0.2, 0.25) is 5.02 Å². The molecule has 0 aliphatic rings. The first-order valence-corrected chi connectivity index (χ1v) is 6.39. The zero-order chi connectivity index (χ0) is 14.3. The van der Waals surface area contributed by atoms with Gasteiger partial charge in [0, 0.05) is 20.1 Å². The second kappa shape index (κ2) is 9.80. The molecule has 0 aliphatic carbocycles. The zero-order valence-electron chi connectivity index (χ0n) is 11.5. The van der Waals surface area contributed by atoms with E-state index in [1.165, 1.54) is 18.2 Å². The molecule has 1 rings (SSSR count). The van der Waals surface area contributed by atoms with Crippen LogP contribution in [0.15, 0.2) is 18.2 Å². The highest BCUT2D eigenvalue weighted by atomic mass is 35.5. The summed E-state index contributed by atoms with van der Waals surface area (Å²) in [4.78, 5) is 13.3. The van der Waals surface area contributed by atoms with Crippen molar-refractivity contribution in [2.75, 3.05) is 33.8 Å². The van der Waals surface area contributed by atoms with Crippen molar-refractivity contribution in [3.63, 3.8) is 0 Å². The van der Waals surface area contributed by atoms with Gasteiger partial charge in [0.2, 0.25) is 5.91 Å². The summed E-state index contributed by atoms with van der Waals surface area (Å²) in [6.07, 6.45) is 0.258. The molecule has 1 aromatic rings. The van der Waals surface area contributed by atoms with E-state index in [-0.39, 0.29) is 36.4 Å². The first-order chi connectivity index (χ1) is 9.04. The summed E-state index contributed by atoms with van der Waals surface area (Å²) in [6, 6.07) is 3.90. The maximum absolute atomic E-state index is 12.8. The molecule has 0 saturated carbocycles. The van der Waals surface area contributed by atoms with Crippen LogP contribution < -0.4 is 10.1 Å². The number of hydrogen-bond donors (Lipinski definition) is 1. The van der Waals surface area contributed by atoms with Crippen LogP contribution in [-0.4, -0.2) is 44.6 Å². The number of nitrogens with one attached hydrogen (secondary N) is 1. The van der Waals surface area contributed by atoms with Gasteiger partial charge in [0.25, 0.3) is 0 Å². The van der Waals surface area contributed by atoms with Gasteiger partial charge in [0.05, 0.1) is 18.1 Å². The minimum absolute atomic E-state index is 0. The van der Waals surface area contributed by atoms with E-state index in [0.29, 0.717) is 12.3 Å². The number of ether oxygens (including phenoxy) is 1. The predicted molar refractivity (Wildman–Crippen MR) is 80.3 cm³/mol. The Hall–Kier alpha value is -1.04. The van der Waals surface area contributed by atoms with E-state index in [9.17, 15) is 9.18 Å². The molecule has 0 spiro atoms. The van der Waals surface area contributed by atoms with Gasteiger partial charge in [0.1, 0.15) is 11.6 Å². The van der Waals surface area contributed by atoms with Gasteiger partial charge in [-0.15, -0.1) is 12.4 Å². The minimum atomic E-state index is -0.416. The fraction of sp³-hybridized carbons (Fsp3) is 0.462. The van der Waals surface area contributed by atoms with Crippen LogP contribution in [-0.2, 0) is 4.79 Å². The van der Waals surface area contributed by atoms with E-state index in [0.717, 1.165) is 6.54 Å². The second-order valence-corrected chi connectivity index (χ2v) is 4.50. The molecule has 7 heteroatoms. The van der Waals surface area contributed by atoms with Crippen molar-refractivity contribution in [2.45, 2.75) is 6.42 Å². The van der Waals surface area contributed by atoms with E-state index < -0.39 is 5.82 Å². The largest absolute Gasteiger partial charge is 0.491 e. The van der Waals surface area contributed by atoms with Gasteiger partial charge in [-0.05, 0) is 25.2 Å². The Morgan fingerprint density at radius 2 is 2.20 bits per heavy atom. The molecule has 114 valence electrons. The normalized spacial score (nSPS) is 9.80. The molecule has 0 atom stereocenters. The number of likely N-dealkylation sites (N-methyl/N-ethyl adjacent to an activating group) is 2. The predicted octanol–water partition coefficient (Wildman–Crippen LogP) is 2.35. The molecular weight excluding hydrogens is 306 g/mol. The van der Waals surface area contributed by atoms with E-state index in [1.807, 2.05) is 7.05 Å². The number of halogens is 3. The highest BCUT2D eigenvalue weighted by Crippen LogP contribution is 2.24. The number of amides is 1. The van der Waals surface area contributed by atoms with Crippen LogP contribution in [0.5, 0.6) is 5.75 Å². The lowest BCUT2D eigenvalue weighted by molar-refractivity contribution is -0.130. The molecule has 4 nitrogen and oxygen atoms in total. The Balaban J connectivity index is 0.00000361. The molecule has 0 aliphatic heterocycles. The van der Waals surface area contributed by atoms with Crippen molar-refractivity contribution in [3.8, 4) is 5.75 Å². The summed E-state index contributed by atoms with van der Waals surface area (Å²) >= 11 is 5.81. The molecule has 0 fully saturated rings. The molecule has 1 aromatic carbocycles. The number of hydrogen-bond acceptors (Lipinski definition) is 3. The summed E-state index contributed by atoms with van der Waals surface area (Å²) in [6.45, 7) is 1.60. The van der Waals surface area contributed by atoms with Gasteiger partial charge in [-0.1, -0.05) is 11.6 Å². The van der Waals surface area contributed by atoms with Crippen molar-refractivity contribution >= 4 is 29.9 Å². The van der Waals surface area contributed by atoms with Crippen LogP contribution in [0.25, 0.3) is 0 Å². The third kappa shape index (κ3) is 6.41. The van der Waals surface area contributed by atoms with Crippen LogP contribution in [0.1, 0.15) is 6.42 Å². The van der Waals surface area contributed by atoms with E-state index in [1.54, 1.807) is 11.9 Å². The maximum atomic E-state index is 12.8. The lowest BCUT2D eigenvalue weighted by Gasteiger charge is -2.17. The lowest BCUT2D eigenvalue weighted by Crippen LogP contribution is -2.33. The van der Waals surface area contributed by atoms with Gasteiger partial charge in [-0.3, -0.25) is 4.79 Å². The standard InChI is InChI=1S/C13H18ClFN2O2.ClH/c1-16-6-7-17(2)13(18)5-8-19-12-4-3-10(15)9-11(12)14;/h3-4,9,16H,5-8H2,1-2H3;1H. The van der Waals surface area contributed by atoms with Gasteiger partial charge < -0.3 is 15.0 Å². The Morgan fingerprint density at radius 3 is 2.80 bits per heavy atom. The van der Waals surface area contributed by atoms with E-state index in [4.69, 9.17) is 16.3 Å². The summed E-state index contributed by atoms with van der Waals surface area (Å²) in [5.74, 6) is -0.0394. The summed E-state index contributed by atoms with van der Waals surface area (Å²) in [7, 11) is 3.57. The molecule has 0 heterocycles. The third-order valence-electron chi connectivity index (χ3n) is 2.59. The Morgan fingerprint density at radius 1 is 1.50 bits per heavy atom. The van der Waals surface area contributed by atoms with Crippen LogP contribution in [0, 0.1) is 5.82 Å². The number of nitrogens with zero attached hydrogens (tertiary/aromatic N) is 1. The number of carbonyl (C=O) groups is 1. The van der Waals surface area contributed by atoms with Gasteiger partial charge >= 0.3 is 0 Å². The van der Waals surface area contributed by atoms with Gasteiger partial charge in [-0.25, -0.2) is 4.39 Å². The van der Waals surface area contributed by atoms with Crippen molar-refractivity contribution in [3.05, 3.63) is 29.0 Å². The Labute approximate surface area is 129 Å². The quantitative estimate of drug-likeness (QED) is 0.837. The first kappa shape index (κ1) is 19.0. The average molecular weight is 325 g/mol. The molecule has 1 amide bonds. The number of benzene rings is 1. The molecule has 0 aromatic heterocycles. The van der Waals surface area contributed by atoms with Crippen molar-refractivity contribution < 1.29 is 13.9 Å². The lowest BCUT2D eigenvalue weighted by atomic mass is 10.3. The highest BCUT2D eigenvalue weighted by Gasteiger charge is 2.09. The van der Waals surface area contributed by atoms with Crippen LogP contribution in [0.4, 0.5) is 4.39 Å². The maximum Gasteiger partial charge on any atom is 0.225 e. The number of rotatable bonds is 7. The summed E-state index contributed by atoms with van der Waals surface area (Å²) < 4.78 is 18.2. The zero-order valence-corrected chi connectivity index (χ0v) is 13.1. The SMILES string of the molecule is CNCCN(C)C(=O)CCOc1ccc(F)cc1Cl.Cl. The third-order valence-corrected chi connectivity index (χ3v) is 2.89. The molecule has 20 heavy (non-hydrogen) atoms. The second-order valence-electron chi connectivity index (χ2n) is 4.09. The van der Waals surface area contributed by atoms with Crippen LogP contribution in [0.3, 0.4) is 0 Å². The number of carbonyl (C=O) groups excluding carboxylic acids is 1. The van der Waals surface area contributed by atoms with E-state index in [2.05, 4.69) is 5.32 Å². The molecule has 0 unspecified atom stereocenters. The molecule has 0 bridgehead atoms. The topological polar surface area (TPSA) is 41.6 Å². The molecular formula is C13H19Cl2FN2O2. The highest BCUT2D eigenvalue weighted by molar-refractivity contribution is 6.32. The van der Waals surface area contributed by atoms with Crippen LogP contribution >= 0.6 is 24.0 Å². The van der Waals surface area contributed by atoms with Crippen molar-refractivity contribution in [2.24, 2.45) is 0 Å². The fourth-order valence-corrected chi connectivity index (χ4v) is 1.66. The summed E-state index contributed by atoms with van der Waals surface area (Å²) in [5.41, 5.74) is 0. The smallest absolute Gasteiger partial charge is 0.225 e. The monoisotopic (exact) mass is 324 g/mol. The van der Waals surface area contributed by atoms with Gasteiger partial charge in [0.15, 0.2) is 0 Å². The summed E-state index contributed by atoms with van der Waals surface area (Å²) in [5, 5.41) is 3.17. The Kier molecular flexibility index (Phi) is 9.29.